The first-order valence-electron chi connectivity index (χ1n) is 17.6. The van der Waals surface area contributed by atoms with Gasteiger partial charge in [0.15, 0.2) is 0 Å². The number of rotatable bonds is 14. The van der Waals surface area contributed by atoms with Crippen molar-refractivity contribution in [1.82, 2.24) is 19.8 Å². The fourth-order valence-corrected chi connectivity index (χ4v) is 8.60. The van der Waals surface area contributed by atoms with Gasteiger partial charge in [0.2, 0.25) is 5.95 Å². The van der Waals surface area contributed by atoms with E-state index in [4.69, 9.17) is 13.8 Å². The Morgan fingerprint density at radius 1 is 1.02 bits per heavy atom. The van der Waals surface area contributed by atoms with Crippen molar-refractivity contribution in [1.29, 1.82) is 0 Å². The van der Waals surface area contributed by atoms with Gasteiger partial charge in [-0.2, -0.15) is 18.2 Å². The topological polar surface area (TPSA) is 159 Å². The molecule has 2 aliphatic heterocycles. The third-order valence-corrected chi connectivity index (χ3v) is 11.3. The Bertz CT molecular complexity index is 1910. The lowest BCUT2D eigenvalue weighted by atomic mass is 9.85. The number of amides is 1. The number of aromatic nitrogens is 2. The van der Waals surface area contributed by atoms with Crippen LogP contribution in [0.3, 0.4) is 0 Å². The number of carboxylic acid groups (broad SMARTS) is 1. The predicted molar refractivity (Wildman–Crippen MR) is 198 cm³/mol. The van der Waals surface area contributed by atoms with Gasteiger partial charge < -0.3 is 39.3 Å². The Labute approximate surface area is 312 Å². The molecule has 2 aromatic carbocycles. The van der Waals surface area contributed by atoms with Crippen molar-refractivity contribution < 1.29 is 46.2 Å². The van der Waals surface area contributed by atoms with Crippen molar-refractivity contribution in [3.05, 3.63) is 58.8 Å². The zero-order chi connectivity index (χ0) is 39.6. The second kappa shape index (κ2) is 16.1. The summed E-state index contributed by atoms with van der Waals surface area (Å²) in [6.07, 6.45) is -4.20. The molecule has 0 bridgehead atoms. The van der Waals surface area contributed by atoms with Crippen molar-refractivity contribution in [2.45, 2.75) is 59.5 Å². The van der Waals surface area contributed by atoms with E-state index in [2.05, 4.69) is 25.5 Å². The maximum atomic E-state index is 14.3. The van der Waals surface area contributed by atoms with Gasteiger partial charge in [-0.15, -0.1) is 0 Å². The minimum Gasteiger partial charge on any atom is -0.495 e. The molecule has 0 aliphatic carbocycles. The number of methoxy groups -OCH3 is 1. The van der Waals surface area contributed by atoms with E-state index in [1.165, 1.54) is 12.0 Å². The van der Waals surface area contributed by atoms with Crippen molar-refractivity contribution in [3.63, 3.8) is 0 Å². The minimum absolute atomic E-state index is 0.0220. The molecule has 3 N–H and O–H groups in total. The van der Waals surface area contributed by atoms with Crippen molar-refractivity contribution in [3.8, 4) is 5.75 Å². The van der Waals surface area contributed by atoms with E-state index in [-0.39, 0.29) is 54.8 Å². The normalized spacial score (nSPS) is 16.0. The van der Waals surface area contributed by atoms with Crippen LogP contribution in [0, 0.1) is 5.41 Å². The van der Waals surface area contributed by atoms with Gasteiger partial charge in [0.05, 0.1) is 43.4 Å². The molecule has 0 radical (unpaired) electrons. The Morgan fingerprint density at radius 3 is 2.24 bits per heavy atom. The lowest BCUT2D eigenvalue weighted by molar-refractivity contribution is -0.148. The maximum Gasteiger partial charge on any atom is 0.421 e. The van der Waals surface area contributed by atoms with Gasteiger partial charge in [0.25, 0.3) is 5.91 Å². The number of carbonyl (C=O) groups is 2. The van der Waals surface area contributed by atoms with Crippen LogP contribution in [0.5, 0.6) is 5.75 Å². The van der Waals surface area contributed by atoms with Crippen molar-refractivity contribution in [2.75, 3.05) is 69.1 Å². The summed E-state index contributed by atoms with van der Waals surface area (Å²) in [6, 6.07) is 7.51. The molecule has 2 aliphatic rings. The number of hydrogen-bond acceptors (Lipinski definition) is 12. The van der Waals surface area contributed by atoms with Gasteiger partial charge in [0, 0.05) is 57.2 Å². The molecule has 294 valence electrons. The van der Waals surface area contributed by atoms with Crippen LogP contribution in [-0.4, -0.2) is 96.3 Å². The monoisotopic (exact) mass is 777 g/mol. The number of carbonyl (C=O) groups excluding carboxylic acids is 1. The second-order valence-electron chi connectivity index (χ2n) is 14.1. The number of hydrogen-bond donors (Lipinski definition) is 3. The van der Waals surface area contributed by atoms with E-state index in [0.717, 1.165) is 5.69 Å². The Balaban J connectivity index is 1.43. The number of nitrogens with zero attached hydrogens (tertiary/aromatic N) is 5. The standard InChI is InChI=1S/C36H47F3N7O7P/c1-8-52-54(50,53-9-2)21-22-10-11-25(28(18-22)51-7)42-34-40-19-24(36(37,38)39)31(43-34)41-26-12-13-27(23-20-44(6)32(47)29(23)26)45-14-16-46(17-15-45)30(33(48)49)35(3,4)5/h10-13,18-19,30H,8-9,14-17,20-21H2,1-7H3,(H,48,49)(H2,40,41,42,43). The molecule has 1 amide bonds. The molecule has 1 saturated heterocycles. The summed E-state index contributed by atoms with van der Waals surface area (Å²) in [5.74, 6) is -1.73. The smallest absolute Gasteiger partial charge is 0.421 e. The Morgan fingerprint density at radius 2 is 1.67 bits per heavy atom. The van der Waals surface area contributed by atoms with Crippen LogP contribution < -0.4 is 20.3 Å². The highest BCUT2D eigenvalue weighted by Gasteiger charge is 2.40. The summed E-state index contributed by atoms with van der Waals surface area (Å²) in [7, 11) is -0.395. The first-order chi connectivity index (χ1) is 25.4. The lowest BCUT2D eigenvalue weighted by Gasteiger charge is -2.43. The first-order valence-corrected chi connectivity index (χ1v) is 19.3. The number of carboxylic acids is 1. The summed E-state index contributed by atoms with van der Waals surface area (Å²) < 4.78 is 72.4. The largest absolute Gasteiger partial charge is 0.495 e. The van der Waals surface area contributed by atoms with Crippen molar-refractivity contribution in [2.24, 2.45) is 5.41 Å². The van der Waals surface area contributed by atoms with Gasteiger partial charge in [-0.3, -0.25) is 19.1 Å². The number of halogens is 3. The number of benzene rings is 2. The molecule has 0 saturated carbocycles. The summed E-state index contributed by atoms with van der Waals surface area (Å²) in [5, 5.41) is 15.6. The van der Waals surface area contributed by atoms with E-state index >= 15 is 0 Å². The Kier molecular flexibility index (Phi) is 12.2. The van der Waals surface area contributed by atoms with E-state index in [9.17, 15) is 32.4 Å². The fourth-order valence-electron chi connectivity index (χ4n) is 6.91. The van der Waals surface area contributed by atoms with Crippen LogP contribution in [0.2, 0.25) is 0 Å². The highest BCUT2D eigenvalue weighted by atomic mass is 31.2. The quantitative estimate of drug-likeness (QED) is 0.144. The molecule has 1 unspecified atom stereocenters. The highest BCUT2D eigenvalue weighted by Crippen LogP contribution is 2.52. The third kappa shape index (κ3) is 8.91. The molecule has 5 rings (SSSR count). The van der Waals surface area contributed by atoms with Crippen LogP contribution in [0.1, 0.15) is 61.7 Å². The average Bonchev–Trinajstić information content (AvgIpc) is 3.38. The van der Waals surface area contributed by atoms with Crippen LogP contribution in [0.15, 0.2) is 36.5 Å². The van der Waals surface area contributed by atoms with Gasteiger partial charge in [0.1, 0.15) is 23.2 Å². The number of alkyl halides is 3. The van der Waals surface area contributed by atoms with Crippen LogP contribution in [0.4, 0.5) is 42.0 Å². The average molecular weight is 778 g/mol. The number of ether oxygens (including phenoxy) is 1. The third-order valence-electron chi connectivity index (χ3n) is 9.21. The molecule has 54 heavy (non-hydrogen) atoms. The number of fused-ring (bicyclic) bond motifs is 1. The predicted octanol–water partition coefficient (Wildman–Crippen LogP) is 6.96. The summed E-state index contributed by atoms with van der Waals surface area (Å²) >= 11 is 0. The molecule has 18 heteroatoms. The number of nitrogens with one attached hydrogen (secondary N) is 2. The first kappa shape index (κ1) is 40.7. The van der Waals surface area contributed by atoms with E-state index in [0.29, 0.717) is 49.2 Å². The zero-order valence-electron chi connectivity index (χ0n) is 31.4. The summed E-state index contributed by atoms with van der Waals surface area (Å²) in [5.41, 5.74) is 1.06. The highest BCUT2D eigenvalue weighted by molar-refractivity contribution is 7.53. The molecule has 1 fully saturated rings. The molecule has 14 nitrogen and oxygen atoms in total. The molecule has 3 heterocycles. The summed E-state index contributed by atoms with van der Waals surface area (Å²) in [4.78, 5) is 39.2. The molecule has 0 spiro atoms. The molecule has 3 aromatic rings. The molecular formula is C36H47F3N7O7P. The zero-order valence-corrected chi connectivity index (χ0v) is 32.3. The number of aliphatic carboxylic acids is 1. The number of anilines is 5. The molecular weight excluding hydrogens is 730 g/mol. The van der Waals surface area contributed by atoms with Gasteiger partial charge in [-0.1, -0.05) is 26.8 Å². The maximum absolute atomic E-state index is 14.3. The van der Waals surface area contributed by atoms with E-state index in [1.54, 1.807) is 51.2 Å². The minimum atomic E-state index is -4.83. The van der Waals surface area contributed by atoms with Crippen LogP contribution in [-0.2, 0) is 37.3 Å². The van der Waals surface area contributed by atoms with Gasteiger partial charge in [-0.25, -0.2) is 4.98 Å². The summed E-state index contributed by atoms with van der Waals surface area (Å²) in [6.45, 7) is 11.7. The Hall–Kier alpha value is -4.44. The SMILES string of the molecule is CCOP(=O)(Cc1ccc(Nc2ncc(C(F)(F)F)c(Nc3ccc(N4CCN(C(C(=O)O)C(C)(C)C)CC4)c4c3C(=O)N(C)C4)n2)c(OC)c1)OCC. The number of piperazine rings is 1. The van der Waals surface area contributed by atoms with Gasteiger partial charge >= 0.3 is 19.7 Å². The van der Waals surface area contributed by atoms with Crippen molar-refractivity contribution >= 4 is 48.3 Å². The van der Waals surface area contributed by atoms with E-state index in [1.807, 2.05) is 25.7 Å². The molecule has 1 aromatic heterocycles. The molecule has 1 atom stereocenters. The van der Waals surface area contributed by atoms with Gasteiger partial charge in [-0.05, 0) is 49.1 Å². The van der Waals surface area contributed by atoms with Crippen LogP contribution >= 0.6 is 7.60 Å². The lowest BCUT2D eigenvalue weighted by Crippen LogP contribution is -2.57. The van der Waals surface area contributed by atoms with Crippen LogP contribution in [0.25, 0.3) is 0 Å². The fraction of sp³-hybridized carbons (Fsp3) is 0.500. The van der Waals surface area contributed by atoms with E-state index < -0.39 is 42.6 Å². The second-order valence-corrected chi connectivity index (χ2v) is 16.2.